The Kier molecular flexibility index (Phi) is 11.4. The Morgan fingerprint density at radius 3 is 2.43 bits per heavy atom. The van der Waals surface area contributed by atoms with Crippen molar-refractivity contribution < 1.29 is 33.3 Å². The Morgan fingerprint density at radius 1 is 0.977 bits per heavy atom. The van der Waals surface area contributed by atoms with Crippen LogP contribution in [0.1, 0.15) is 36.6 Å². The summed E-state index contributed by atoms with van der Waals surface area (Å²) in [4.78, 5) is 37.3. The average molecular weight is 730 g/mol. The number of hydrogen-bond donors (Lipinski definition) is 3. The molecule has 11 nitrogen and oxygen atoms in total. The molecule has 0 radical (unpaired) electrons. The van der Waals surface area contributed by atoms with Crippen LogP contribution in [0.25, 0.3) is 0 Å². The Balaban J connectivity index is 1.39. The Hall–Kier alpha value is -4.36. The average Bonchev–Trinajstić information content (AvgIpc) is 3.00. The number of ether oxygens (including phenoxy) is 4. The van der Waals surface area contributed by atoms with E-state index in [1.54, 1.807) is 32.0 Å². The third-order valence-corrected chi connectivity index (χ3v) is 7.34. The molecule has 3 aromatic rings. The van der Waals surface area contributed by atoms with Gasteiger partial charge in [-0.2, -0.15) is 5.10 Å². The molecule has 1 atom stereocenters. The summed E-state index contributed by atoms with van der Waals surface area (Å²) in [5.74, 6) is 0.119. The lowest BCUT2D eigenvalue weighted by atomic mass is 9.95. The highest BCUT2D eigenvalue weighted by molar-refractivity contribution is 9.10. The highest BCUT2D eigenvalue weighted by atomic mass is 79.9. The van der Waals surface area contributed by atoms with Crippen LogP contribution in [0.5, 0.6) is 17.2 Å². The standard InChI is InChI=1S/C31H30Br2N4O7/c1-4-42-30(39)28-18(2)35-31(40)36-29(28)20-7-11-25(26(14-20)41-3)44-17-27(38)37-34-15-21-13-23(33)10-12-24(21)43-16-19-5-8-22(32)9-6-19/h5-15,29H,4,16-17H2,1-3H3,(H,37,38)(H2,35,36,40)/b34-15-/t29-/m0/s1. The van der Waals surface area contributed by atoms with Gasteiger partial charge in [-0.05, 0) is 67.4 Å². The predicted octanol–water partition coefficient (Wildman–Crippen LogP) is 5.52. The van der Waals surface area contributed by atoms with Crippen molar-refractivity contribution in [3.63, 3.8) is 0 Å². The zero-order chi connectivity index (χ0) is 31.6. The van der Waals surface area contributed by atoms with E-state index in [1.165, 1.54) is 13.3 Å². The van der Waals surface area contributed by atoms with Crippen LogP contribution in [0.15, 0.2) is 86.0 Å². The van der Waals surface area contributed by atoms with Crippen molar-refractivity contribution in [2.45, 2.75) is 26.5 Å². The van der Waals surface area contributed by atoms with Crippen LogP contribution in [-0.4, -0.2) is 44.4 Å². The van der Waals surface area contributed by atoms with Crippen molar-refractivity contribution >= 4 is 56.0 Å². The van der Waals surface area contributed by atoms with Gasteiger partial charge < -0.3 is 29.6 Å². The molecule has 4 rings (SSSR count). The number of hydrogen-bond acceptors (Lipinski definition) is 8. The molecule has 1 heterocycles. The van der Waals surface area contributed by atoms with Crippen LogP contribution in [0, 0.1) is 0 Å². The maximum absolute atomic E-state index is 12.6. The number of carbonyl (C=O) groups excluding carboxylic acids is 3. The lowest BCUT2D eigenvalue weighted by Gasteiger charge is -2.28. The molecule has 1 aliphatic rings. The molecule has 3 aromatic carbocycles. The number of nitrogens with one attached hydrogen (secondary N) is 3. The molecule has 0 aromatic heterocycles. The number of allylic oxidation sites excluding steroid dienone is 1. The van der Waals surface area contributed by atoms with Gasteiger partial charge in [0.25, 0.3) is 5.91 Å². The highest BCUT2D eigenvalue weighted by Crippen LogP contribution is 2.34. The van der Waals surface area contributed by atoms with Gasteiger partial charge in [-0.1, -0.05) is 50.1 Å². The lowest BCUT2D eigenvalue weighted by Crippen LogP contribution is -2.45. The molecule has 0 saturated heterocycles. The summed E-state index contributed by atoms with van der Waals surface area (Å²) in [7, 11) is 1.44. The fourth-order valence-electron chi connectivity index (χ4n) is 4.25. The van der Waals surface area contributed by atoms with Gasteiger partial charge in [0, 0.05) is 20.2 Å². The molecule has 0 unspecified atom stereocenters. The maximum Gasteiger partial charge on any atom is 0.338 e. The van der Waals surface area contributed by atoms with Crippen LogP contribution < -0.4 is 30.3 Å². The zero-order valence-corrected chi connectivity index (χ0v) is 27.3. The molecule has 0 spiro atoms. The van der Waals surface area contributed by atoms with E-state index in [9.17, 15) is 14.4 Å². The number of esters is 1. The van der Waals surface area contributed by atoms with Crippen LogP contribution >= 0.6 is 31.9 Å². The van der Waals surface area contributed by atoms with Crippen LogP contribution in [0.2, 0.25) is 0 Å². The summed E-state index contributed by atoms with van der Waals surface area (Å²) in [6.45, 7) is 3.52. The molecular formula is C31H30Br2N4O7. The van der Waals surface area contributed by atoms with Gasteiger partial charge in [0.15, 0.2) is 18.1 Å². The van der Waals surface area contributed by atoms with E-state index in [4.69, 9.17) is 18.9 Å². The summed E-state index contributed by atoms with van der Waals surface area (Å²) >= 11 is 6.87. The van der Waals surface area contributed by atoms with Crippen molar-refractivity contribution in [1.82, 2.24) is 16.1 Å². The smallest absolute Gasteiger partial charge is 0.338 e. The van der Waals surface area contributed by atoms with E-state index in [1.807, 2.05) is 42.5 Å². The maximum atomic E-state index is 12.6. The number of hydrazone groups is 1. The van der Waals surface area contributed by atoms with Crippen LogP contribution in [0.3, 0.4) is 0 Å². The molecule has 44 heavy (non-hydrogen) atoms. The van der Waals surface area contributed by atoms with Gasteiger partial charge in [-0.3, -0.25) is 4.79 Å². The summed E-state index contributed by atoms with van der Waals surface area (Å²) < 4.78 is 24.1. The summed E-state index contributed by atoms with van der Waals surface area (Å²) in [5.41, 5.74) is 5.33. The van der Waals surface area contributed by atoms with Crippen LogP contribution in [-0.2, 0) is 20.9 Å². The normalized spacial score (nSPS) is 14.5. The molecule has 230 valence electrons. The highest BCUT2D eigenvalue weighted by Gasteiger charge is 2.32. The topological polar surface area (TPSA) is 137 Å². The van der Waals surface area contributed by atoms with Crippen molar-refractivity contribution in [3.8, 4) is 17.2 Å². The van der Waals surface area contributed by atoms with E-state index in [0.29, 0.717) is 34.9 Å². The van der Waals surface area contributed by atoms with E-state index >= 15 is 0 Å². The molecule has 0 saturated carbocycles. The number of halogens is 2. The number of urea groups is 1. The minimum absolute atomic E-state index is 0.184. The third kappa shape index (κ3) is 8.60. The zero-order valence-electron chi connectivity index (χ0n) is 24.1. The minimum Gasteiger partial charge on any atom is -0.493 e. The first-order valence-electron chi connectivity index (χ1n) is 13.4. The molecule has 3 N–H and O–H groups in total. The largest absolute Gasteiger partial charge is 0.493 e. The quantitative estimate of drug-likeness (QED) is 0.127. The van der Waals surface area contributed by atoms with Crippen molar-refractivity contribution in [2.24, 2.45) is 5.10 Å². The number of carbonyl (C=O) groups is 3. The first kappa shape index (κ1) is 32.6. The molecule has 3 amide bonds. The predicted molar refractivity (Wildman–Crippen MR) is 171 cm³/mol. The molecule has 0 bridgehead atoms. The minimum atomic E-state index is -0.773. The lowest BCUT2D eigenvalue weighted by molar-refractivity contribution is -0.139. The third-order valence-electron chi connectivity index (χ3n) is 6.32. The van der Waals surface area contributed by atoms with E-state index in [2.05, 4.69) is 53.0 Å². The molecule has 0 aliphatic carbocycles. The van der Waals surface area contributed by atoms with Crippen LogP contribution in [0.4, 0.5) is 4.79 Å². The molecule has 1 aliphatic heterocycles. The molecular weight excluding hydrogens is 700 g/mol. The summed E-state index contributed by atoms with van der Waals surface area (Å²) in [6.07, 6.45) is 1.49. The SMILES string of the molecule is CCOC(=O)C1=C(C)NC(=O)N[C@H]1c1ccc(OCC(=O)N/N=C\c2cc(Br)ccc2OCc2ccc(Br)cc2)c(OC)c1. The summed E-state index contributed by atoms with van der Waals surface area (Å²) in [6, 6.07) is 17.0. The Labute approximate surface area is 271 Å². The Bertz CT molecular complexity index is 1590. The number of amides is 3. The van der Waals surface area contributed by atoms with Gasteiger partial charge in [-0.15, -0.1) is 0 Å². The number of benzene rings is 3. The first-order chi connectivity index (χ1) is 21.2. The van der Waals surface area contributed by atoms with Gasteiger partial charge in [0.05, 0.1) is 31.5 Å². The fraction of sp³-hybridized carbons (Fsp3) is 0.226. The number of nitrogens with zero attached hydrogens (tertiary/aromatic N) is 1. The second kappa shape index (κ2) is 15.4. The molecule has 0 fully saturated rings. The van der Waals surface area contributed by atoms with Gasteiger partial charge in [0.1, 0.15) is 12.4 Å². The van der Waals surface area contributed by atoms with Crippen molar-refractivity contribution in [3.05, 3.63) is 97.6 Å². The molecule has 13 heteroatoms. The van der Waals surface area contributed by atoms with E-state index in [-0.39, 0.29) is 24.5 Å². The summed E-state index contributed by atoms with van der Waals surface area (Å²) in [5, 5.41) is 9.39. The van der Waals surface area contributed by atoms with Crippen molar-refractivity contribution in [1.29, 1.82) is 0 Å². The Morgan fingerprint density at radius 2 is 1.70 bits per heavy atom. The monoisotopic (exact) mass is 728 g/mol. The first-order valence-corrected chi connectivity index (χ1v) is 15.0. The second-order valence-electron chi connectivity index (χ2n) is 9.38. The van der Waals surface area contributed by atoms with Gasteiger partial charge >= 0.3 is 12.0 Å². The van der Waals surface area contributed by atoms with E-state index in [0.717, 1.165) is 14.5 Å². The van der Waals surface area contributed by atoms with Gasteiger partial charge in [-0.25, -0.2) is 15.0 Å². The second-order valence-corrected chi connectivity index (χ2v) is 11.2. The van der Waals surface area contributed by atoms with Crippen molar-refractivity contribution in [2.75, 3.05) is 20.3 Å². The fourth-order valence-corrected chi connectivity index (χ4v) is 4.89. The van der Waals surface area contributed by atoms with Gasteiger partial charge in [0.2, 0.25) is 0 Å². The number of rotatable bonds is 12. The number of methoxy groups -OCH3 is 1. The van der Waals surface area contributed by atoms with E-state index < -0.39 is 23.9 Å².